The fourth-order valence-corrected chi connectivity index (χ4v) is 0.467. The van der Waals surface area contributed by atoms with Gasteiger partial charge < -0.3 is 9.84 Å². The summed E-state index contributed by atoms with van der Waals surface area (Å²) in [5.74, 6) is 4.32. The Morgan fingerprint density at radius 3 is 2.82 bits per heavy atom. The summed E-state index contributed by atoms with van der Waals surface area (Å²) in [4.78, 5) is 10.4. The molecule has 0 aliphatic rings. The number of methoxy groups -OCH3 is 1. The zero-order chi connectivity index (χ0) is 8.69. The molecule has 0 aromatic rings. The van der Waals surface area contributed by atoms with E-state index < -0.39 is 5.97 Å². The van der Waals surface area contributed by atoms with Gasteiger partial charge in [0.1, 0.15) is 0 Å². The van der Waals surface area contributed by atoms with Crippen LogP contribution in [0.15, 0.2) is 0 Å². The van der Waals surface area contributed by atoms with Gasteiger partial charge in [-0.1, -0.05) is 5.92 Å². The van der Waals surface area contributed by atoms with Gasteiger partial charge in [0.15, 0.2) is 0 Å². The minimum absolute atomic E-state index is 0.359. The van der Waals surface area contributed by atoms with E-state index in [1.165, 1.54) is 7.11 Å². The van der Waals surface area contributed by atoms with Gasteiger partial charge in [-0.15, -0.1) is 0 Å². The number of carbonyl (C=O) groups excluding carboxylic acids is 1. The lowest BCUT2D eigenvalue weighted by atomic mass is 10.2. The smallest absolute Gasteiger partial charge is 0.384 e. The molecule has 0 bridgehead atoms. The highest BCUT2D eigenvalue weighted by molar-refractivity contribution is 5.88. The van der Waals surface area contributed by atoms with Gasteiger partial charge in [0.25, 0.3) is 0 Å². The maximum Gasteiger partial charge on any atom is 0.384 e. The van der Waals surface area contributed by atoms with Crippen molar-refractivity contribution in [2.24, 2.45) is 0 Å². The minimum atomic E-state index is -0.532. The second-order valence-electron chi connectivity index (χ2n) is 2.18. The Morgan fingerprint density at radius 1 is 1.73 bits per heavy atom. The zero-order valence-corrected chi connectivity index (χ0v) is 6.76. The molecule has 1 unspecified atom stereocenters. The molecule has 1 N–H and O–H groups in total. The quantitative estimate of drug-likeness (QED) is 0.356. The summed E-state index contributed by atoms with van der Waals surface area (Å²) in [5, 5.41) is 8.79. The van der Waals surface area contributed by atoms with Crippen molar-refractivity contribution in [3.05, 3.63) is 0 Å². The molecule has 0 fully saturated rings. The van der Waals surface area contributed by atoms with Crippen molar-refractivity contribution in [3.8, 4) is 11.8 Å². The van der Waals surface area contributed by atoms with Crippen LogP contribution in [0, 0.1) is 11.8 Å². The normalized spacial score (nSPS) is 11.2. The molecule has 0 aliphatic heterocycles. The second-order valence-corrected chi connectivity index (χ2v) is 2.18. The Labute approximate surface area is 66.4 Å². The van der Waals surface area contributed by atoms with Gasteiger partial charge in [-0.2, -0.15) is 0 Å². The van der Waals surface area contributed by atoms with Gasteiger partial charge in [-0.3, -0.25) is 0 Å². The van der Waals surface area contributed by atoms with Crippen LogP contribution in [0.5, 0.6) is 0 Å². The van der Waals surface area contributed by atoms with Crippen molar-refractivity contribution in [1.29, 1.82) is 0 Å². The van der Waals surface area contributed by atoms with E-state index in [9.17, 15) is 4.79 Å². The lowest BCUT2D eigenvalue weighted by Crippen LogP contribution is -1.98. The van der Waals surface area contributed by atoms with Crippen LogP contribution >= 0.6 is 0 Å². The molecule has 11 heavy (non-hydrogen) atoms. The molecule has 0 saturated carbocycles. The van der Waals surface area contributed by atoms with Gasteiger partial charge >= 0.3 is 5.97 Å². The molecule has 0 rings (SSSR count). The first kappa shape index (κ1) is 9.99. The molecule has 3 heteroatoms. The summed E-state index contributed by atoms with van der Waals surface area (Å²) >= 11 is 0. The molecule has 0 aromatic heterocycles. The summed E-state index contributed by atoms with van der Waals surface area (Å²) in [6.07, 6.45) is 0.749. The van der Waals surface area contributed by atoms with Crippen LogP contribution in [0.25, 0.3) is 0 Å². The first-order valence-corrected chi connectivity index (χ1v) is 3.41. The largest absolute Gasteiger partial charge is 0.459 e. The summed E-state index contributed by atoms with van der Waals surface area (Å²) in [7, 11) is 1.28. The molecule has 0 radical (unpaired) electrons. The van der Waals surface area contributed by atoms with Crippen molar-refractivity contribution >= 4 is 5.97 Å². The monoisotopic (exact) mass is 156 g/mol. The van der Waals surface area contributed by atoms with Crippen LogP contribution in [0.3, 0.4) is 0 Å². The number of ether oxygens (including phenoxy) is 1. The highest BCUT2D eigenvalue weighted by Crippen LogP contribution is 1.92. The van der Waals surface area contributed by atoms with Crippen LogP contribution < -0.4 is 0 Å². The molecule has 0 amide bonds. The van der Waals surface area contributed by atoms with Gasteiger partial charge in [-0.05, 0) is 13.3 Å². The van der Waals surface area contributed by atoms with E-state index in [0.29, 0.717) is 12.8 Å². The number of hydrogen-bond acceptors (Lipinski definition) is 3. The van der Waals surface area contributed by atoms with Gasteiger partial charge in [0, 0.05) is 12.3 Å². The topological polar surface area (TPSA) is 46.5 Å². The summed E-state index contributed by atoms with van der Waals surface area (Å²) in [5.41, 5.74) is 0. The Morgan fingerprint density at radius 2 is 2.36 bits per heavy atom. The highest BCUT2D eigenvalue weighted by Gasteiger charge is 1.92. The lowest BCUT2D eigenvalue weighted by molar-refractivity contribution is -0.133. The van der Waals surface area contributed by atoms with E-state index in [0.717, 1.165) is 0 Å². The van der Waals surface area contributed by atoms with Crippen LogP contribution in [0.1, 0.15) is 19.8 Å². The Balaban J connectivity index is 3.48. The summed E-state index contributed by atoms with van der Waals surface area (Å²) in [6.45, 7) is 1.68. The molecule has 0 aromatic carbocycles. The molecular weight excluding hydrogens is 144 g/mol. The van der Waals surface area contributed by atoms with E-state index in [4.69, 9.17) is 5.11 Å². The molecule has 62 valence electrons. The third-order valence-electron chi connectivity index (χ3n) is 1.06. The van der Waals surface area contributed by atoms with Crippen molar-refractivity contribution < 1.29 is 14.6 Å². The maximum atomic E-state index is 10.4. The SMILES string of the molecule is COC(=O)C#CCCC(C)O. The zero-order valence-electron chi connectivity index (χ0n) is 6.76. The Hall–Kier alpha value is -1.01. The number of esters is 1. The fraction of sp³-hybridized carbons (Fsp3) is 0.625. The highest BCUT2D eigenvalue weighted by atomic mass is 16.5. The van der Waals surface area contributed by atoms with E-state index in [2.05, 4.69) is 16.6 Å². The number of aliphatic hydroxyl groups excluding tert-OH is 1. The van der Waals surface area contributed by atoms with E-state index in [-0.39, 0.29) is 6.10 Å². The lowest BCUT2D eigenvalue weighted by Gasteiger charge is -1.95. The molecule has 3 nitrogen and oxygen atoms in total. The Bertz CT molecular complexity index is 174. The molecule has 0 aliphatic carbocycles. The average molecular weight is 156 g/mol. The van der Waals surface area contributed by atoms with E-state index >= 15 is 0 Å². The third kappa shape index (κ3) is 6.88. The van der Waals surface area contributed by atoms with Crippen LogP contribution in [-0.2, 0) is 9.53 Å². The maximum absolute atomic E-state index is 10.4. The number of rotatable bonds is 2. The molecule has 0 spiro atoms. The van der Waals surface area contributed by atoms with Gasteiger partial charge in [0.2, 0.25) is 0 Å². The van der Waals surface area contributed by atoms with Crippen molar-refractivity contribution in [1.82, 2.24) is 0 Å². The molecule has 0 saturated heterocycles. The number of carbonyl (C=O) groups is 1. The van der Waals surface area contributed by atoms with E-state index in [1.54, 1.807) is 6.92 Å². The summed E-state index contributed by atoms with van der Waals surface area (Å²) in [6, 6.07) is 0. The van der Waals surface area contributed by atoms with E-state index in [1.807, 2.05) is 0 Å². The van der Waals surface area contributed by atoms with Crippen molar-refractivity contribution in [3.63, 3.8) is 0 Å². The van der Waals surface area contributed by atoms with Gasteiger partial charge in [-0.25, -0.2) is 4.79 Å². The second kappa shape index (κ2) is 5.75. The Kier molecular flexibility index (Phi) is 5.22. The average Bonchev–Trinajstić information content (AvgIpc) is 1.97. The van der Waals surface area contributed by atoms with Crippen molar-refractivity contribution in [2.45, 2.75) is 25.9 Å². The van der Waals surface area contributed by atoms with Crippen LogP contribution in [0.2, 0.25) is 0 Å². The van der Waals surface area contributed by atoms with Crippen LogP contribution in [0.4, 0.5) is 0 Å². The first-order chi connectivity index (χ1) is 5.16. The van der Waals surface area contributed by atoms with Gasteiger partial charge in [0.05, 0.1) is 13.2 Å². The number of aliphatic hydroxyl groups is 1. The third-order valence-corrected chi connectivity index (χ3v) is 1.06. The molecule has 0 heterocycles. The fourth-order valence-electron chi connectivity index (χ4n) is 0.467. The minimum Gasteiger partial charge on any atom is -0.459 e. The standard InChI is InChI=1S/C8H12O3/c1-7(9)5-3-4-6-8(10)11-2/h7,9H,3,5H2,1-2H3. The molecule has 1 atom stereocenters. The van der Waals surface area contributed by atoms with Crippen molar-refractivity contribution in [2.75, 3.05) is 7.11 Å². The predicted octanol–water partition coefficient (Wildman–Crippen LogP) is 0.324. The predicted molar refractivity (Wildman–Crippen MR) is 40.7 cm³/mol. The first-order valence-electron chi connectivity index (χ1n) is 3.41. The molecular formula is C8H12O3. The van der Waals surface area contributed by atoms with Crippen LogP contribution in [-0.4, -0.2) is 24.3 Å². The number of hydrogen-bond donors (Lipinski definition) is 1. The summed E-state index contributed by atoms with van der Waals surface area (Å²) < 4.78 is 4.28.